The van der Waals surface area contributed by atoms with E-state index in [1.165, 1.54) is 21.6 Å². The maximum atomic E-state index is 4.89. The minimum atomic E-state index is 0.734. The minimum absolute atomic E-state index is 0.734. The summed E-state index contributed by atoms with van der Waals surface area (Å²) in [5.74, 6) is 1.75. The Morgan fingerprint density at radius 1 is 0.963 bits per heavy atom. The number of hydrogen-bond acceptors (Lipinski definition) is 4. The van der Waals surface area contributed by atoms with Gasteiger partial charge in [-0.15, -0.1) is 11.3 Å². The molecule has 0 unspecified atom stereocenters. The third-order valence-corrected chi connectivity index (χ3v) is 5.85. The van der Waals surface area contributed by atoms with Gasteiger partial charge in [-0.05, 0) is 43.5 Å². The molecule has 4 rings (SSSR count). The molecule has 0 saturated heterocycles. The first-order valence-electron chi connectivity index (χ1n) is 9.30. The fraction of sp³-hybridized carbons (Fsp3) is 0.217. The molecule has 4 heteroatoms. The van der Waals surface area contributed by atoms with E-state index in [1.807, 2.05) is 6.07 Å². The van der Waals surface area contributed by atoms with Crippen LogP contribution in [-0.4, -0.2) is 9.97 Å². The molecule has 0 saturated carbocycles. The molecule has 2 aromatic carbocycles. The van der Waals surface area contributed by atoms with Gasteiger partial charge in [0.1, 0.15) is 16.5 Å². The number of aromatic nitrogens is 2. The Kier molecular flexibility index (Phi) is 4.90. The van der Waals surface area contributed by atoms with Crippen molar-refractivity contribution in [3.8, 4) is 0 Å². The van der Waals surface area contributed by atoms with Crippen LogP contribution in [0.2, 0.25) is 0 Å². The molecule has 2 heterocycles. The Hall–Kier alpha value is -2.72. The molecule has 1 N–H and O–H groups in total. The summed E-state index contributed by atoms with van der Waals surface area (Å²) in [6, 6.07) is 19.1. The van der Waals surface area contributed by atoms with Crippen molar-refractivity contribution in [1.82, 2.24) is 9.97 Å². The second-order valence-corrected chi connectivity index (χ2v) is 7.99. The summed E-state index contributed by atoms with van der Waals surface area (Å²) in [6.07, 6.45) is 1.75. The van der Waals surface area contributed by atoms with Crippen LogP contribution < -0.4 is 5.32 Å². The van der Waals surface area contributed by atoms with Crippen LogP contribution in [0.5, 0.6) is 0 Å². The van der Waals surface area contributed by atoms with Crippen molar-refractivity contribution in [2.75, 3.05) is 5.32 Å². The first kappa shape index (κ1) is 17.7. The topological polar surface area (TPSA) is 37.8 Å². The van der Waals surface area contributed by atoms with Crippen LogP contribution >= 0.6 is 11.3 Å². The van der Waals surface area contributed by atoms with Crippen molar-refractivity contribution in [3.05, 3.63) is 82.0 Å². The molecule has 0 amide bonds. The molecule has 0 atom stereocenters. The predicted octanol–water partition coefficient (Wildman–Crippen LogP) is 6.20. The van der Waals surface area contributed by atoms with Crippen LogP contribution in [-0.2, 0) is 12.8 Å². The number of aryl methyl sites for hydroxylation is 3. The number of fused-ring (bicyclic) bond motifs is 1. The molecule has 0 radical (unpaired) electrons. The maximum Gasteiger partial charge on any atom is 0.142 e. The number of benzene rings is 2. The zero-order valence-corrected chi connectivity index (χ0v) is 16.7. The molecule has 0 bridgehead atoms. The third kappa shape index (κ3) is 3.86. The Morgan fingerprint density at radius 3 is 2.52 bits per heavy atom. The molecular weight excluding hydrogens is 350 g/mol. The van der Waals surface area contributed by atoms with Crippen molar-refractivity contribution in [2.45, 2.75) is 33.6 Å². The van der Waals surface area contributed by atoms with Gasteiger partial charge in [-0.2, -0.15) is 0 Å². The van der Waals surface area contributed by atoms with E-state index in [9.17, 15) is 0 Å². The Bertz CT molecular complexity index is 1080. The molecular formula is C23H23N3S. The molecule has 0 aliphatic rings. The molecule has 0 spiro atoms. The first-order valence-corrected chi connectivity index (χ1v) is 10.1. The van der Waals surface area contributed by atoms with E-state index in [-0.39, 0.29) is 0 Å². The Morgan fingerprint density at radius 2 is 1.78 bits per heavy atom. The summed E-state index contributed by atoms with van der Waals surface area (Å²) in [5.41, 5.74) is 4.80. The number of anilines is 2. The quantitative estimate of drug-likeness (QED) is 0.452. The molecule has 2 aromatic heterocycles. The van der Waals surface area contributed by atoms with Crippen LogP contribution in [0.15, 0.2) is 54.6 Å². The fourth-order valence-corrected chi connectivity index (χ4v) is 4.21. The van der Waals surface area contributed by atoms with E-state index in [2.05, 4.69) is 74.6 Å². The lowest BCUT2D eigenvalue weighted by Crippen LogP contribution is -2.02. The fourth-order valence-electron chi connectivity index (χ4n) is 3.22. The molecule has 3 nitrogen and oxygen atoms in total. The summed E-state index contributed by atoms with van der Waals surface area (Å²) in [5, 5.41) is 4.67. The number of thiophene rings is 1. The number of rotatable bonds is 5. The van der Waals surface area contributed by atoms with Gasteiger partial charge in [0.05, 0.1) is 5.39 Å². The second kappa shape index (κ2) is 7.49. The van der Waals surface area contributed by atoms with Gasteiger partial charge in [-0.3, -0.25) is 0 Å². The normalized spacial score (nSPS) is 11.1. The standard InChI is InChI=1S/C23H23N3S/c1-4-18-14-19-22(24-20-11-10-15(2)12-16(20)3)25-21(26-23(19)27-18)13-17-8-6-5-7-9-17/h5-12,14H,4,13H2,1-3H3,(H,24,25,26). The van der Waals surface area contributed by atoms with Crippen molar-refractivity contribution in [3.63, 3.8) is 0 Å². The summed E-state index contributed by atoms with van der Waals surface area (Å²) in [7, 11) is 0. The van der Waals surface area contributed by atoms with Crippen molar-refractivity contribution >= 4 is 33.1 Å². The lowest BCUT2D eigenvalue weighted by Gasteiger charge is -2.12. The first-order chi connectivity index (χ1) is 13.1. The largest absolute Gasteiger partial charge is 0.339 e. The van der Waals surface area contributed by atoms with Gasteiger partial charge in [0, 0.05) is 17.0 Å². The van der Waals surface area contributed by atoms with Gasteiger partial charge in [0.25, 0.3) is 0 Å². The average Bonchev–Trinajstić information content (AvgIpc) is 3.08. The molecule has 0 fully saturated rings. The summed E-state index contributed by atoms with van der Waals surface area (Å²) in [4.78, 5) is 12.1. The summed E-state index contributed by atoms with van der Waals surface area (Å²) >= 11 is 1.76. The van der Waals surface area contributed by atoms with Gasteiger partial charge in [0.15, 0.2) is 0 Å². The molecule has 4 aromatic rings. The van der Waals surface area contributed by atoms with Crippen LogP contribution in [0.1, 0.15) is 34.3 Å². The highest BCUT2D eigenvalue weighted by atomic mass is 32.1. The summed E-state index contributed by atoms with van der Waals surface area (Å²) in [6.45, 7) is 6.42. The van der Waals surface area contributed by atoms with Crippen molar-refractivity contribution < 1.29 is 0 Å². The van der Waals surface area contributed by atoms with Gasteiger partial charge >= 0.3 is 0 Å². The second-order valence-electron chi connectivity index (χ2n) is 6.88. The lowest BCUT2D eigenvalue weighted by atomic mass is 10.1. The van der Waals surface area contributed by atoms with Crippen LogP contribution in [0.4, 0.5) is 11.5 Å². The molecule has 0 aliphatic carbocycles. The number of hydrogen-bond donors (Lipinski definition) is 1. The van der Waals surface area contributed by atoms with Gasteiger partial charge in [-0.1, -0.05) is 55.0 Å². The summed E-state index contributed by atoms with van der Waals surface area (Å²) < 4.78 is 0. The van der Waals surface area contributed by atoms with Gasteiger partial charge in [-0.25, -0.2) is 9.97 Å². The SMILES string of the molecule is CCc1cc2c(Nc3ccc(C)cc3C)nc(Cc3ccccc3)nc2s1. The molecule has 0 aliphatic heterocycles. The maximum absolute atomic E-state index is 4.89. The van der Waals surface area contributed by atoms with E-state index >= 15 is 0 Å². The van der Waals surface area contributed by atoms with E-state index in [4.69, 9.17) is 9.97 Å². The zero-order valence-electron chi connectivity index (χ0n) is 15.9. The lowest BCUT2D eigenvalue weighted by molar-refractivity contribution is 0.999. The van der Waals surface area contributed by atoms with E-state index in [0.717, 1.165) is 40.4 Å². The van der Waals surface area contributed by atoms with Crippen molar-refractivity contribution in [1.29, 1.82) is 0 Å². The smallest absolute Gasteiger partial charge is 0.142 e. The zero-order chi connectivity index (χ0) is 18.8. The highest BCUT2D eigenvalue weighted by Gasteiger charge is 2.13. The van der Waals surface area contributed by atoms with E-state index in [0.29, 0.717) is 0 Å². The number of nitrogens with one attached hydrogen (secondary N) is 1. The van der Waals surface area contributed by atoms with Gasteiger partial charge in [0.2, 0.25) is 0 Å². The number of nitrogens with zero attached hydrogens (tertiary/aromatic N) is 2. The molecule has 136 valence electrons. The molecule has 27 heavy (non-hydrogen) atoms. The highest BCUT2D eigenvalue weighted by molar-refractivity contribution is 7.18. The van der Waals surface area contributed by atoms with E-state index < -0.39 is 0 Å². The highest BCUT2D eigenvalue weighted by Crippen LogP contribution is 2.32. The van der Waals surface area contributed by atoms with E-state index in [1.54, 1.807) is 11.3 Å². The van der Waals surface area contributed by atoms with Crippen LogP contribution in [0.3, 0.4) is 0 Å². The third-order valence-electron chi connectivity index (χ3n) is 4.68. The Labute approximate surface area is 164 Å². The monoisotopic (exact) mass is 373 g/mol. The average molecular weight is 374 g/mol. The predicted molar refractivity (Wildman–Crippen MR) is 115 cm³/mol. The van der Waals surface area contributed by atoms with Crippen molar-refractivity contribution in [2.24, 2.45) is 0 Å². The van der Waals surface area contributed by atoms with Crippen LogP contribution in [0.25, 0.3) is 10.2 Å². The minimum Gasteiger partial charge on any atom is -0.339 e. The Balaban J connectivity index is 1.77. The van der Waals surface area contributed by atoms with Gasteiger partial charge < -0.3 is 5.32 Å². The van der Waals surface area contributed by atoms with Crippen LogP contribution in [0, 0.1) is 13.8 Å².